The molecule has 2 heterocycles. The predicted octanol–water partition coefficient (Wildman–Crippen LogP) is 1.93. The molecule has 0 bridgehead atoms. The summed E-state index contributed by atoms with van der Waals surface area (Å²) >= 11 is 0. The van der Waals surface area contributed by atoms with E-state index < -0.39 is 0 Å². The van der Waals surface area contributed by atoms with Crippen molar-refractivity contribution >= 4 is 22.6 Å². The number of hydrogen-bond acceptors (Lipinski definition) is 3. The molecule has 0 saturated carbocycles. The van der Waals surface area contributed by atoms with Crippen LogP contribution in [0.5, 0.6) is 0 Å². The highest BCUT2D eigenvalue weighted by Gasteiger charge is 2.16. The van der Waals surface area contributed by atoms with E-state index in [4.69, 9.17) is 5.41 Å². The standard InChI is InChI=1S/C12H12N4/c13-11-7-8-16(15-11)12-6-5-9-3-1-2-4-10(9)14-12/h1-6H,7-8H2,(H2,13,15). The first-order chi connectivity index (χ1) is 7.83. The molecule has 0 spiro atoms. The molecule has 80 valence electrons. The highest BCUT2D eigenvalue weighted by Crippen LogP contribution is 2.18. The highest BCUT2D eigenvalue weighted by atomic mass is 15.6. The van der Waals surface area contributed by atoms with E-state index in [-0.39, 0.29) is 0 Å². The summed E-state index contributed by atoms with van der Waals surface area (Å²) in [5, 5.41) is 10.6. The monoisotopic (exact) mass is 212 g/mol. The number of fused-ring (bicyclic) bond motifs is 1. The summed E-state index contributed by atoms with van der Waals surface area (Å²) in [7, 11) is 0. The Morgan fingerprint density at radius 2 is 2.06 bits per heavy atom. The van der Waals surface area contributed by atoms with Crippen LogP contribution in [0, 0.1) is 5.41 Å². The van der Waals surface area contributed by atoms with Gasteiger partial charge in [-0.1, -0.05) is 18.2 Å². The van der Waals surface area contributed by atoms with Gasteiger partial charge in [-0.25, -0.2) is 4.98 Å². The number of hydrazine groups is 1. The van der Waals surface area contributed by atoms with Crippen LogP contribution in [-0.2, 0) is 0 Å². The van der Waals surface area contributed by atoms with Crippen molar-refractivity contribution < 1.29 is 0 Å². The summed E-state index contributed by atoms with van der Waals surface area (Å²) in [5.74, 6) is 1.43. The number of amidine groups is 1. The molecule has 1 aliphatic rings. The van der Waals surface area contributed by atoms with E-state index in [0.29, 0.717) is 5.84 Å². The van der Waals surface area contributed by atoms with Crippen molar-refractivity contribution in [3.8, 4) is 0 Å². The Bertz CT molecular complexity index is 549. The summed E-state index contributed by atoms with van der Waals surface area (Å²) in [6.45, 7) is 0.810. The second kappa shape index (κ2) is 3.48. The second-order valence-electron chi connectivity index (χ2n) is 3.85. The van der Waals surface area contributed by atoms with Gasteiger partial charge in [-0.3, -0.25) is 15.8 Å². The van der Waals surface area contributed by atoms with Gasteiger partial charge in [0.1, 0.15) is 11.7 Å². The van der Waals surface area contributed by atoms with Crippen LogP contribution < -0.4 is 10.4 Å². The first kappa shape index (κ1) is 9.15. The highest BCUT2D eigenvalue weighted by molar-refractivity contribution is 5.85. The Balaban J connectivity index is 2.02. The molecule has 4 nitrogen and oxygen atoms in total. The molecule has 2 N–H and O–H groups in total. The van der Waals surface area contributed by atoms with E-state index in [0.717, 1.165) is 29.7 Å². The number of nitrogens with one attached hydrogen (secondary N) is 2. The van der Waals surface area contributed by atoms with Gasteiger partial charge in [0.2, 0.25) is 0 Å². The van der Waals surface area contributed by atoms with Crippen LogP contribution in [0.1, 0.15) is 6.42 Å². The molecule has 0 amide bonds. The quantitative estimate of drug-likeness (QED) is 0.759. The Morgan fingerprint density at radius 1 is 1.19 bits per heavy atom. The summed E-state index contributed by atoms with van der Waals surface area (Å²) < 4.78 is 0. The van der Waals surface area contributed by atoms with Gasteiger partial charge >= 0.3 is 0 Å². The molecule has 0 radical (unpaired) electrons. The Hall–Kier alpha value is -2.10. The normalized spacial score (nSPS) is 15.5. The molecule has 0 atom stereocenters. The van der Waals surface area contributed by atoms with Gasteiger partial charge in [0.15, 0.2) is 0 Å². The van der Waals surface area contributed by atoms with E-state index in [2.05, 4.69) is 16.5 Å². The number of anilines is 1. The number of benzene rings is 1. The van der Waals surface area contributed by atoms with Crippen LogP contribution in [0.25, 0.3) is 10.9 Å². The number of nitrogens with zero attached hydrogens (tertiary/aromatic N) is 2. The minimum Gasteiger partial charge on any atom is -0.287 e. The molecule has 0 unspecified atom stereocenters. The molecular formula is C12H12N4. The Kier molecular flexibility index (Phi) is 1.99. The lowest BCUT2D eigenvalue weighted by molar-refractivity contribution is 0.839. The number of pyridine rings is 1. The average Bonchev–Trinajstić information content (AvgIpc) is 2.75. The van der Waals surface area contributed by atoms with Crippen LogP contribution >= 0.6 is 0 Å². The molecule has 0 aliphatic carbocycles. The van der Waals surface area contributed by atoms with Crippen LogP contribution in [0.4, 0.5) is 5.82 Å². The van der Waals surface area contributed by atoms with Crippen molar-refractivity contribution in [2.45, 2.75) is 6.42 Å². The zero-order valence-corrected chi connectivity index (χ0v) is 8.77. The van der Waals surface area contributed by atoms with Crippen LogP contribution in [-0.4, -0.2) is 17.4 Å². The fourth-order valence-electron chi connectivity index (χ4n) is 1.88. The van der Waals surface area contributed by atoms with Crippen LogP contribution in [0.3, 0.4) is 0 Å². The SMILES string of the molecule is N=C1CCN(c2ccc3ccccc3n2)N1. The first-order valence-corrected chi connectivity index (χ1v) is 5.30. The predicted molar refractivity (Wildman–Crippen MR) is 64.6 cm³/mol. The molecule has 1 aliphatic heterocycles. The van der Waals surface area contributed by atoms with E-state index in [1.807, 2.05) is 35.3 Å². The van der Waals surface area contributed by atoms with E-state index in [9.17, 15) is 0 Å². The molecule has 1 aromatic carbocycles. The molecular weight excluding hydrogens is 200 g/mol. The maximum atomic E-state index is 7.51. The lowest BCUT2D eigenvalue weighted by Gasteiger charge is -2.16. The first-order valence-electron chi connectivity index (χ1n) is 5.30. The van der Waals surface area contributed by atoms with E-state index >= 15 is 0 Å². The molecule has 1 aromatic heterocycles. The minimum atomic E-state index is 0.551. The summed E-state index contributed by atoms with van der Waals surface area (Å²) in [6, 6.07) is 12.1. The Labute approximate surface area is 93.4 Å². The summed E-state index contributed by atoms with van der Waals surface area (Å²) in [5.41, 5.74) is 3.98. The molecule has 1 fully saturated rings. The van der Waals surface area contributed by atoms with E-state index in [1.165, 1.54) is 0 Å². The van der Waals surface area contributed by atoms with Crippen molar-refractivity contribution in [3.63, 3.8) is 0 Å². The van der Waals surface area contributed by atoms with Crippen molar-refractivity contribution in [1.82, 2.24) is 10.4 Å². The van der Waals surface area contributed by atoms with Gasteiger partial charge in [-0.15, -0.1) is 0 Å². The molecule has 1 saturated heterocycles. The average molecular weight is 212 g/mol. The van der Waals surface area contributed by atoms with Crippen molar-refractivity contribution in [1.29, 1.82) is 5.41 Å². The number of aromatic nitrogens is 1. The summed E-state index contributed by atoms with van der Waals surface area (Å²) in [4.78, 5) is 4.56. The van der Waals surface area contributed by atoms with Gasteiger partial charge in [0.05, 0.1) is 5.52 Å². The van der Waals surface area contributed by atoms with Crippen molar-refractivity contribution in [2.24, 2.45) is 0 Å². The third-order valence-electron chi connectivity index (χ3n) is 2.72. The largest absolute Gasteiger partial charge is 0.287 e. The van der Waals surface area contributed by atoms with Crippen LogP contribution in [0.2, 0.25) is 0 Å². The smallest absolute Gasteiger partial charge is 0.147 e. The van der Waals surface area contributed by atoms with Gasteiger partial charge in [0.25, 0.3) is 0 Å². The minimum absolute atomic E-state index is 0.551. The lowest BCUT2D eigenvalue weighted by atomic mass is 10.2. The zero-order chi connectivity index (χ0) is 11.0. The maximum absolute atomic E-state index is 7.51. The third kappa shape index (κ3) is 1.48. The fourth-order valence-corrected chi connectivity index (χ4v) is 1.88. The van der Waals surface area contributed by atoms with E-state index in [1.54, 1.807) is 0 Å². The lowest BCUT2D eigenvalue weighted by Crippen LogP contribution is -2.33. The van der Waals surface area contributed by atoms with Crippen molar-refractivity contribution in [2.75, 3.05) is 11.6 Å². The topological polar surface area (TPSA) is 52.0 Å². The van der Waals surface area contributed by atoms with Crippen LogP contribution in [0.15, 0.2) is 36.4 Å². The number of para-hydroxylation sites is 1. The maximum Gasteiger partial charge on any atom is 0.147 e. The zero-order valence-electron chi connectivity index (χ0n) is 8.77. The van der Waals surface area contributed by atoms with Gasteiger partial charge < -0.3 is 0 Å². The molecule has 16 heavy (non-hydrogen) atoms. The van der Waals surface area contributed by atoms with Gasteiger partial charge in [-0.2, -0.15) is 0 Å². The molecule has 4 heteroatoms. The third-order valence-corrected chi connectivity index (χ3v) is 2.72. The van der Waals surface area contributed by atoms with Crippen molar-refractivity contribution in [3.05, 3.63) is 36.4 Å². The molecule has 2 aromatic rings. The Morgan fingerprint density at radius 3 is 2.88 bits per heavy atom. The summed E-state index contributed by atoms with van der Waals surface area (Å²) in [6.07, 6.45) is 0.758. The fraction of sp³-hybridized carbons (Fsp3) is 0.167. The number of rotatable bonds is 1. The second-order valence-corrected chi connectivity index (χ2v) is 3.85. The van der Waals surface area contributed by atoms with Gasteiger partial charge in [0, 0.05) is 18.4 Å². The van der Waals surface area contributed by atoms with Gasteiger partial charge in [-0.05, 0) is 18.2 Å². The molecule has 3 rings (SSSR count). The number of hydrogen-bond donors (Lipinski definition) is 2.